The van der Waals surface area contributed by atoms with E-state index in [0.717, 1.165) is 0 Å². The van der Waals surface area contributed by atoms with Gasteiger partial charge in [0.05, 0.1) is 0 Å². The fourth-order valence-electron chi connectivity index (χ4n) is 1.96. The van der Waals surface area contributed by atoms with E-state index in [1.165, 1.54) is 12.1 Å². The van der Waals surface area contributed by atoms with Crippen LogP contribution in [0.5, 0.6) is 11.5 Å². The van der Waals surface area contributed by atoms with Crippen LogP contribution in [0.25, 0.3) is 0 Å². The van der Waals surface area contributed by atoms with Gasteiger partial charge < -0.3 is 14.8 Å². The minimum Gasteiger partial charge on any atom is -0.481 e. The van der Waals surface area contributed by atoms with Crippen molar-refractivity contribution in [2.45, 2.75) is 26.2 Å². The number of carbonyl (C=O) groups excluding carboxylic acids is 1. The zero-order valence-corrected chi connectivity index (χ0v) is 13.6. The molecule has 1 amide bonds. The summed E-state index contributed by atoms with van der Waals surface area (Å²) in [7, 11) is 0. The van der Waals surface area contributed by atoms with Crippen LogP contribution < -0.4 is 14.8 Å². The van der Waals surface area contributed by atoms with E-state index in [1.807, 2.05) is 0 Å². The molecule has 128 valence electrons. The highest BCUT2D eigenvalue weighted by molar-refractivity contribution is 6.30. The molecule has 0 aromatic heterocycles. The maximum atomic E-state index is 12.2. The monoisotopic (exact) mass is 355 g/mol. The van der Waals surface area contributed by atoms with Crippen molar-refractivity contribution in [1.82, 2.24) is 5.32 Å². The topological polar surface area (TPSA) is 47.6 Å². The van der Waals surface area contributed by atoms with Gasteiger partial charge in [0.1, 0.15) is 11.5 Å². The predicted molar refractivity (Wildman–Crippen MR) is 86.5 cm³/mol. The second-order valence-corrected chi connectivity index (χ2v) is 5.40. The van der Waals surface area contributed by atoms with Crippen molar-refractivity contribution < 1.29 is 23.0 Å². The fraction of sp³-hybridized carbons (Fsp3) is 0.235. The van der Waals surface area contributed by atoms with Crippen LogP contribution in [0, 0.1) is 0 Å². The Labute approximate surface area is 143 Å². The minimum atomic E-state index is -2.89. The highest BCUT2D eigenvalue weighted by Crippen LogP contribution is 2.19. The number of halogens is 3. The molecule has 2 aromatic rings. The number of carbonyl (C=O) groups is 1. The van der Waals surface area contributed by atoms with E-state index in [4.69, 9.17) is 16.3 Å². The summed E-state index contributed by atoms with van der Waals surface area (Å²) in [6.45, 7) is -1.12. The van der Waals surface area contributed by atoms with E-state index in [-0.39, 0.29) is 18.2 Å². The van der Waals surface area contributed by atoms with E-state index < -0.39 is 12.7 Å². The number of ether oxygens (including phenoxy) is 2. The first-order chi connectivity index (χ1) is 11.4. The van der Waals surface area contributed by atoms with Crippen molar-refractivity contribution in [1.29, 1.82) is 0 Å². The maximum Gasteiger partial charge on any atom is 0.387 e. The minimum absolute atomic E-state index is 0.0416. The van der Waals surface area contributed by atoms with Crippen LogP contribution in [-0.4, -0.2) is 18.6 Å². The summed E-state index contributed by atoms with van der Waals surface area (Å²) >= 11 is 5.85. The first-order valence-corrected chi connectivity index (χ1v) is 7.55. The summed E-state index contributed by atoms with van der Waals surface area (Å²) < 4.78 is 34.2. The van der Waals surface area contributed by atoms with Gasteiger partial charge in [-0.15, -0.1) is 0 Å². The van der Waals surface area contributed by atoms with Gasteiger partial charge >= 0.3 is 6.61 Å². The Bertz CT molecular complexity index is 697. The van der Waals surface area contributed by atoms with Crippen molar-refractivity contribution in [3.8, 4) is 11.5 Å². The van der Waals surface area contributed by atoms with Crippen molar-refractivity contribution in [2.75, 3.05) is 0 Å². The van der Waals surface area contributed by atoms with Gasteiger partial charge in [0, 0.05) is 11.6 Å². The van der Waals surface area contributed by atoms with Gasteiger partial charge in [-0.25, -0.2) is 0 Å². The number of nitrogens with one attached hydrogen (secondary N) is 1. The molecule has 4 nitrogen and oxygen atoms in total. The lowest BCUT2D eigenvalue weighted by Gasteiger charge is -2.15. The molecular formula is C17H16ClF2NO3. The third kappa shape index (κ3) is 5.70. The molecule has 0 spiro atoms. The summed E-state index contributed by atoms with van der Waals surface area (Å²) in [6.07, 6.45) is -0.732. The van der Waals surface area contributed by atoms with Gasteiger partial charge in [-0.05, 0) is 42.8 Å². The second kappa shape index (κ2) is 8.49. The zero-order chi connectivity index (χ0) is 17.5. The van der Waals surface area contributed by atoms with Crippen LogP contribution in [0.1, 0.15) is 12.5 Å². The quantitative estimate of drug-likeness (QED) is 0.815. The standard InChI is InChI=1S/C17H16ClF2NO3/c1-11(23-15-7-3-5-13(18)9-15)16(22)21-10-12-4-2-6-14(8-12)24-17(19)20/h2-9,11,17H,10H2,1H3,(H,21,22). The molecule has 2 aromatic carbocycles. The Hall–Kier alpha value is -2.34. The fourth-order valence-corrected chi connectivity index (χ4v) is 2.14. The predicted octanol–water partition coefficient (Wildman–Crippen LogP) is 4.03. The van der Waals surface area contributed by atoms with Gasteiger partial charge in [0.25, 0.3) is 5.91 Å². The summed E-state index contributed by atoms with van der Waals surface area (Å²) in [4.78, 5) is 12.0. The number of rotatable bonds is 7. The first-order valence-electron chi connectivity index (χ1n) is 7.18. The molecule has 0 saturated carbocycles. The number of hydrogen-bond acceptors (Lipinski definition) is 3. The molecule has 0 radical (unpaired) electrons. The van der Waals surface area contributed by atoms with Crippen LogP contribution in [-0.2, 0) is 11.3 Å². The molecule has 0 saturated heterocycles. The van der Waals surface area contributed by atoms with Crippen molar-refractivity contribution in [2.24, 2.45) is 0 Å². The van der Waals surface area contributed by atoms with Crippen LogP contribution in [0.2, 0.25) is 5.02 Å². The van der Waals surface area contributed by atoms with Crippen LogP contribution in [0.15, 0.2) is 48.5 Å². The summed E-state index contributed by atoms with van der Waals surface area (Å²) in [5.41, 5.74) is 0.636. The molecule has 0 aliphatic rings. The molecule has 1 N–H and O–H groups in total. The van der Waals surface area contributed by atoms with Crippen LogP contribution >= 0.6 is 11.6 Å². The molecule has 0 bridgehead atoms. The zero-order valence-electron chi connectivity index (χ0n) is 12.8. The molecule has 0 aliphatic heterocycles. The average Bonchev–Trinajstić information content (AvgIpc) is 2.52. The largest absolute Gasteiger partial charge is 0.481 e. The van der Waals surface area contributed by atoms with E-state index in [9.17, 15) is 13.6 Å². The highest BCUT2D eigenvalue weighted by Gasteiger charge is 2.14. The third-order valence-corrected chi connectivity index (χ3v) is 3.30. The lowest BCUT2D eigenvalue weighted by molar-refractivity contribution is -0.127. The Morgan fingerprint density at radius 3 is 2.46 bits per heavy atom. The molecular weight excluding hydrogens is 340 g/mol. The SMILES string of the molecule is CC(Oc1cccc(Cl)c1)C(=O)NCc1cccc(OC(F)F)c1. The highest BCUT2D eigenvalue weighted by atomic mass is 35.5. The van der Waals surface area contributed by atoms with Gasteiger partial charge in [0.15, 0.2) is 6.10 Å². The molecule has 1 unspecified atom stereocenters. The molecule has 0 heterocycles. The van der Waals surface area contributed by atoms with E-state index in [1.54, 1.807) is 43.3 Å². The molecule has 24 heavy (non-hydrogen) atoms. The lowest BCUT2D eigenvalue weighted by Crippen LogP contribution is -2.35. The van der Waals surface area contributed by atoms with Crippen LogP contribution in [0.4, 0.5) is 8.78 Å². The molecule has 0 fully saturated rings. The van der Waals surface area contributed by atoms with E-state index >= 15 is 0 Å². The molecule has 0 aliphatic carbocycles. The van der Waals surface area contributed by atoms with Crippen LogP contribution in [0.3, 0.4) is 0 Å². The Morgan fingerprint density at radius 2 is 1.79 bits per heavy atom. The van der Waals surface area contributed by atoms with Gasteiger partial charge in [-0.3, -0.25) is 4.79 Å². The summed E-state index contributed by atoms with van der Waals surface area (Å²) in [5, 5.41) is 3.18. The number of alkyl halides is 2. The Kier molecular flexibility index (Phi) is 6.37. The Morgan fingerprint density at radius 1 is 1.12 bits per heavy atom. The smallest absolute Gasteiger partial charge is 0.387 e. The van der Waals surface area contributed by atoms with Gasteiger partial charge in [-0.1, -0.05) is 29.8 Å². The normalized spacial score (nSPS) is 11.9. The van der Waals surface area contributed by atoms with Crippen molar-refractivity contribution in [3.05, 3.63) is 59.1 Å². The first kappa shape index (κ1) is 18.0. The second-order valence-electron chi connectivity index (χ2n) is 4.96. The molecule has 1 atom stereocenters. The number of hydrogen-bond donors (Lipinski definition) is 1. The van der Waals surface area contributed by atoms with Crippen molar-refractivity contribution in [3.63, 3.8) is 0 Å². The Balaban J connectivity index is 1.88. The summed E-state index contributed by atoms with van der Waals surface area (Å²) in [6, 6.07) is 12.9. The number of amides is 1. The van der Waals surface area contributed by atoms with E-state index in [2.05, 4.69) is 10.1 Å². The molecule has 7 heteroatoms. The van der Waals surface area contributed by atoms with Gasteiger partial charge in [0.2, 0.25) is 0 Å². The third-order valence-electron chi connectivity index (χ3n) is 3.07. The average molecular weight is 356 g/mol. The number of benzene rings is 2. The lowest BCUT2D eigenvalue weighted by atomic mass is 10.2. The molecule has 2 rings (SSSR count). The summed E-state index contributed by atoms with van der Waals surface area (Å²) in [5.74, 6) is 0.188. The van der Waals surface area contributed by atoms with Crippen molar-refractivity contribution >= 4 is 17.5 Å². The van der Waals surface area contributed by atoms with E-state index in [0.29, 0.717) is 16.3 Å². The van der Waals surface area contributed by atoms with Gasteiger partial charge in [-0.2, -0.15) is 8.78 Å². The maximum absolute atomic E-state index is 12.2.